The molecule has 0 radical (unpaired) electrons. The second-order valence-electron chi connectivity index (χ2n) is 6.00. The molecule has 4 atom stereocenters. The highest BCUT2D eigenvalue weighted by molar-refractivity contribution is 4.89. The number of aliphatic hydroxyl groups is 3. The molecule has 0 saturated carbocycles. The summed E-state index contributed by atoms with van der Waals surface area (Å²) in [4.78, 5) is 0. The van der Waals surface area contributed by atoms with Crippen LogP contribution in [-0.2, 0) is 9.47 Å². The van der Waals surface area contributed by atoms with Crippen molar-refractivity contribution in [1.29, 1.82) is 0 Å². The van der Waals surface area contributed by atoms with Gasteiger partial charge in [0.1, 0.15) is 24.4 Å². The lowest BCUT2D eigenvalue weighted by Crippen LogP contribution is -2.42. The van der Waals surface area contributed by atoms with E-state index in [0.717, 1.165) is 19.3 Å². The molecule has 130 valence electrons. The van der Waals surface area contributed by atoms with Crippen LogP contribution in [0.25, 0.3) is 0 Å². The van der Waals surface area contributed by atoms with Gasteiger partial charge >= 0.3 is 0 Å². The number of ether oxygens (including phenoxy) is 2. The van der Waals surface area contributed by atoms with E-state index >= 15 is 0 Å². The van der Waals surface area contributed by atoms with Gasteiger partial charge in [0.05, 0.1) is 13.2 Å². The van der Waals surface area contributed by atoms with Gasteiger partial charge in [-0.3, -0.25) is 0 Å². The summed E-state index contributed by atoms with van der Waals surface area (Å²) >= 11 is 0. The zero-order valence-electron chi connectivity index (χ0n) is 13.5. The summed E-state index contributed by atoms with van der Waals surface area (Å²) in [6, 6.07) is 0. The molecule has 1 rings (SSSR count). The smallest absolute Gasteiger partial charge is 0.114 e. The summed E-state index contributed by atoms with van der Waals surface area (Å²) < 4.78 is 10.9. The Morgan fingerprint density at radius 1 is 1.14 bits per heavy atom. The molecule has 0 aromatic heterocycles. The fraction of sp³-hybridized carbons (Fsp3) is 0.882. The Morgan fingerprint density at radius 2 is 1.77 bits per heavy atom. The second-order valence-corrected chi connectivity index (χ2v) is 6.00. The van der Waals surface area contributed by atoms with Gasteiger partial charge in [-0.2, -0.15) is 0 Å². The largest absolute Gasteiger partial charge is 0.394 e. The first-order valence-corrected chi connectivity index (χ1v) is 8.51. The number of aliphatic hydroxyl groups excluding tert-OH is 3. The first-order valence-electron chi connectivity index (χ1n) is 8.51. The van der Waals surface area contributed by atoms with Gasteiger partial charge in [0.2, 0.25) is 0 Å². The van der Waals surface area contributed by atoms with Crippen molar-refractivity contribution in [3.05, 3.63) is 12.7 Å². The van der Waals surface area contributed by atoms with Crippen molar-refractivity contribution in [2.75, 3.05) is 19.8 Å². The Kier molecular flexibility index (Phi) is 10.7. The van der Waals surface area contributed by atoms with Crippen LogP contribution in [0.4, 0.5) is 0 Å². The maximum Gasteiger partial charge on any atom is 0.114 e. The minimum absolute atomic E-state index is 0.150. The normalized spacial score (nSPS) is 26.2. The molecular formula is C17H32O5. The minimum Gasteiger partial charge on any atom is -0.394 e. The molecular weight excluding hydrogens is 284 g/mol. The Labute approximate surface area is 133 Å². The van der Waals surface area contributed by atoms with E-state index in [1.54, 1.807) is 0 Å². The van der Waals surface area contributed by atoms with Crippen molar-refractivity contribution in [2.24, 2.45) is 0 Å². The predicted octanol–water partition coefficient (Wildman–Crippen LogP) is 1.79. The zero-order valence-corrected chi connectivity index (χ0v) is 13.5. The highest BCUT2D eigenvalue weighted by Crippen LogP contribution is 2.21. The first-order chi connectivity index (χ1) is 10.7. The van der Waals surface area contributed by atoms with Gasteiger partial charge < -0.3 is 24.8 Å². The van der Waals surface area contributed by atoms with E-state index in [1.165, 1.54) is 32.1 Å². The molecule has 0 bridgehead atoms. The fourth-order valence-corrected chi connectivity index (χ4v) is 2.75. The SMILES string of the molecule is C=CCCCCCCCCCO[C@@H]1[C@H]([C@H](O)CO)OC[C@@H]1O. The van der Waals surface area contributed by atoms with E-state index in [-0.39, 0.29) is 13.2 Å². The van der Waals surface area contributed by atoms with Crippen molar-refractivity contribution in [3.8, 4) is 0 Å². The molecule has 1 heterocycles. The van der Waals surface area contributed by atoms with Gasteiger partial charge in [-0.15, -0.1) is 6.58 Å². The zero-order chi connectivity index (χ0) is 16.2. The van der Waals surface area contributed by atoms with Gasteiger partial charge in [-0.05, 0) is 19.3 Å². The third kappa shape index (κ3) is 7.20. The van der Waals surface area contributed by atoms with Crippen molar-refractivity contribution < 1.29 is 24.8 Å². The lowest BCUT2D eigenvalue weighted by Gasteiger charge is -2.23. The molecule has 0 aliphatic carbocycles. The molecule has 1 fully saturated rings. The summed E-state index contributed by atoms with van der Waals surface area (Å²) in [5.41, 5.74) is 0. The molecule has 0 aromatic rings. The third-order valence-electron chi connectivity index (χ3n) is 4.09. The van der Waals surface area contributed by atoms with E-state index in [0.29, 0.717) is 6.61 Å². The van der Waals surface area contributed by atoms with E-state index in [2.05, 4.69) is 6.58 Å². The van der Waals surface area contributed by atoms with E-state index in [9.17, 15) is 10.2 Å². The van der Waals surface area contributed by atoms with Crippen molar-refractivity contribution >= 4 is 0 Å². The molecule has 0 aromatic carbocycles. The first kappa shape index (κ1) is 19.6. The quantitative estimate of drug-likeness (QED) is 0.357. The topological polar surface area (TPSA) is 79.2 Å². The van der Waals surface area contributed by atoms with E-state index in [4.69, 9.17) is 14.6 Å². The van der Waals surface area contributed by atoms with Crippen LogP contribution in [0.2, 0.25) is 0 Å². The number of rotatable bonds is 13. The standard InChI is InChI=1S/C17H32O5/c1-2-3-4-5-6-7-8-9-10-11-21-17-15(20)13-22-16(17)14(19)12-18/h2,14-20H,1,3-13H2/t14-,15+,16+,17+/m1/s1. The van der Waals surface area contributed by atoms with Crippen LogP contribution in [0.3, 0.4) is 0 Å². The average molecular weight is 316 g/mol. The maximum atomic E-state index is 9.80. The van der Waals surface area contributed by atoms with Crippen molar-refractivity contribution in [3.63, 3.8) is 0 Å². The van der Waals surface area contributed by atoms with Crippen LogP contribution in [0, 0.1) is 0 Å². The summed E-state index contributed by atoms with van der Waals surface area (Å²) in [5, 5.41) is 28.4. The van der Waals surface area contributed by atoms with Gasteiger partial charge in [0, 0.05) is 6.61 Å². The Balaban J connectivity index is 2.02. The maximum absolute atomic E-state index is 9.80. The average Bonchev–Trinajstić information content (AvgIpc) is 2.89. The van der Waals surface area contributed by atoms with E-state index in [1.807, 2.05) is 6.08 Å². The second kappa shape index (κ2) is 12.0. The molecule has 0 spiro atoms. The van der Waals surface area contributed by atoms with Crippen LogP contribution in [0.5, 0.6) is 0 Å². The lowest BCUT2D eigenvalue weighted by atomic mass is 10.1. The molecule has 3 N–H and O–H groups in total. The minimum atomic E-state index is -1.00. The molecule has 1 saturated heterocycles. The van der Waals surface area contributed by atoms with Crippen LogP contribution >= 0.6 is 0 Å². The highest BCUT2D eigenvalue weighted by Gasteiger charge is 2.40. The molecule has 5 nitrogen and oxygen atoms in total. The van der Waals surface area contributed by atoms with Gasteiger partial charge in [0.15, 0.2) is 0 Å². The third-order valence-corrected chi connectivity index (χ3v) is 4.09. The molecule has 0 unspecified atom stereocenters. The van der Waals surface area contributed by atoms with Crippen LogP contribution in [0.1, 0.15) is 51.4 Å². The summed E-state index contributed by atoms with van der Waals surface area (Å²) in [5.74, 6) is 0. The number of hydrogen-bond donors (Lipinski definition) is 3. The lowest BCUT2D eigenvalue weighted by molar-refractivity contribution is -0.0938. The number of allylic oxidation sites excluding steroid dienone is 1. The Morgan fingerprint density at radius 3 is 2.41 bits per heavy atom. The monoisotopic (exact) mass is 316 g/mol. The number of unbranched alkanes of at least 4 members (excludes halogenated alkanes) is 7. The molecule has 5 heteroatoms. The molecule has 1 aliphatic rings. The van der Waals surface area contributed by atoms with Gasteiger partial charge in [-0.25, -0.2) is 0 Å². The molecule has 0 amide bonds. The summed E-state index contributed by atoms with van der Waals surface area (Å²) in [6.07, 6.45) is 8.46. The van der Waals surface area contributed by atoms with Crippen molar-refractivity contribution in [2.45, 2.75) is 75.8 Å². The fourth-order valence-electron chi connectivity index (χ4n) is 2.75. The summed E-state index contributed by atoms with van der Waals surface area (Å²) in [7, 11) is 0. The molecule has 1 aliphatic heterocycles. The van der Waals surface area contributed by atoms with Crippen molar-refractivity contribution in [1.82, 2.24) is 0 Å². The van der Waals surface area contributed by atoms with Crippen LogP contribution < -0.4 is 0 Å². The van der Waals surface area contributed by atoms with Crippen LogP contribution in [-0.4, -0.2) is 59.6 Å². The number of hydrogen-bond acceptors (Lipinski definition) is 5. The Bertz CT molecular complexity index is 284. The highest BCUT2D eigenvalue weighted by atomic mass is 16.6. The molecule has 22 heavy (non-hydrogen) atoms. The van der Waals surface area contributed by atoms with Gasteiger partial charge in [0.25, 0.3) is 0 Å². The van der Waals surface area contributed by atoms with Gasteiger partial charge in [-0.1, -0.05) is 38.2 Å². The Hall–Kier alpha value is -0.460. The van der Waals surface area contributed by atoms with Crippen LogP contribution in [0.15, 0.2) is 12.7 Å². The predicted molar refractivity (Wildman–Crippen MR) is 85.7 cm³/mol. The van der Waals surface area contributed by atoms with E-state index < -0.39 is 24.4 Å². The summed E-state index contributed by atoms with van der Waals surface area (Å²) in [6.45, 7) is 4.03.